The molecule has 3 aliphatic rings. The predicted molar refractivity (Wildman–Crippen MR) is 145 cm³/mol. The maximum atomic E-state index is 15.2. The fourth-order valence-electron chi connectivity index (χ4n) is 6.85. The summed E-state index contributed by atoms with van der Waals surface area (Å²) >= 11 is 0. The van der Waals surface area contributed by atoms with Gasteiger partial charge in [0, 0.05) is 6.61 Å². The zero-order valence-electron chi connectivity index (χ0n) is 22.8. The normalized spacial score (nSPS) is 30.6. The van der Waals surface area contributed by atoms with E-state index in [2.05, 4.69) is 19.6 Å². The molecule has 1 heterocycles. The van der Waals surface area contributed by atoms with Gasteiger partial charge in [-0.1, -0.05) is 44.9 Å². The molecule has 37 heavy (non-hydrogen) atoms. The summed E-state index contributed by atoms with van der Waals surface area (Å²) in [5.74, 6) is 1.42. The van der Waals surface area contributed by atoms with Gasteiger partial charge >= 0.3 is 5.97 Å². The highest BCUT2D eigenvalue weighted by Crippen LogP contribution is 2.42. The second-order valence-electron chi connectivity index (χ2n) is 11.8. The molecule has 0 aromatic heterocycles. The van der Waals surface area contributed by atoms with Gasteiger partial charge in [0.15, 0.2) is 0 Å². The molecule has 2 unspecified atom stereocenters. The lowest BCUT2D eigenvalue weighted by molar-refractivity contribution is -0.146. The monoisotopic (exact) mass is 514 g/mol. The molecule has 5 heteroatoms. The lowest BCUT2D eigenvalue weighted by Gasteiger charge is -2.38. The van der Waals surface area contributed by atoms with E-state index in [1.807, 2.05) is 6.07 Å². The Bertz CT molecular complexity index is 875. The number of hydrogen-bond acceptors (Lipinski definition) is 4. The number of rotatable bonds is 10. The number of hydrogen-bond donors (Lipinski definition) is 1. The molecule has 1 aromatic carbocycles. The van der Waals surface area contributed by atoms with Gasteiger partial charge in [0.25, 0.3) is 0 Å². The van der Waals surface area contributed by atoms with E-state index in [9.17, 15) is 4.79 Å². The summed E-state index contributed by atoms with van der Waals surface area (Å²) < 4.78 is 27.0. The number of aliphatic hydroxyl groups is 1. The van der Waals surface area contributed by atoms with Crippen LogP contribution in [0.15, 0.2) is 30.4 Å². The molecule has 0 amide bonds. The maximum absolute atomic E-state index is 15.2. The molecule has 4 nitrogen and oxygen atoms in total. The summed E-state index contributed by atoms with van der Waals surface area (Å²) in [5, 5.41) is 9.04. The largest absolute Gasteiger partial charge is 0.459 e. The Kier molecular flexibility index (Phi) is 10.6. The van der Waals surface area contributed by atoms with Crippen LogP contribution in [0.1, 0.15) is 120 Å². The minimum absolute atomic E-state index is 0.0792. The zero-order chi connectivity index (χ0) is 26.2. The first-order valence-electron chi connectivity index (χ1n) is 14.9. The Morgan fingerprint density at radius 3 is 2.38 bits per heavy atom. The van der Waals surface area contributed by atoms with Crippen molar-refractivity contribution in [2.45, 2.75) is 121 Å². The van der Waals surface area contributed by atoms with Crippen molar-refractivity contribution >= 4 is 5.97 Å². The summed E-state index contributed by atoms with van der Waals surface area (Å²) in [6, 6.07) is 5.94. The van der Waals surface area contributed by atoms with Crippen molar-refractivity contribution in [3.63, 3.8) is 0 Å². The van der Waals surface area contributed by atoms with Crippen LogP contribution in [0.5, 0.6) is 0 Å². The number of halogens is 1. The summed E-state index contributed by atoms with van der Waals surface area (Å²) in [6.07, 6.45) is 15.7. The van der Waals surface area contributed by atoms with Gasteiger partial charge < -0.3 is 14.6 Å². The molecule has 1 aliphatic heterocycles. The first-order valence-corrected chi connectivity index (χ1v) is 14.9. The van der Waals surface area contributed by atoms with E-state index in [-0.39, 0.29) is 30.0 Å². The number of carbonyl (C=O) groups excluding carboxylic acids is 1. The van der Waals surface area contributed by atoms with E-state index in [0.717, 1.165) is 49.3 Å². The van der Waals surface area contributed by atoms with Gasteiger partial charge in [0.1, 0.15) is 11.9 Å². The Labute approximate surface area is 223 Å². The SMILES string of the molecule is C=C(CO)C(=O)OC1CCC(c2ccc(C3CCC(C4CCC(CCCCC)CO4)CC3)cc2F)CC1. The third kappa shape index (κ3) is 7.66. The number of ether oxygens (including phenoxy) is 2. The second-order valence-corrected chi connectivity index (χ2v) is 11.8. The van der Waals surface area contributed by atoms with Crippen LogP contribution < -0.4 is 0 Å². The molecule has 2 aliphatic carbocycles. The summed E-state index contributed by atoms with van der Waals surface area (Å²) in [7, 11) is 0. The van der Waals surface area contributed by atoms with Crippen molar-refractivity contribution in [2.24, 2.45) is 11.8 Å². The lowest BCUT2D eigenvalue weighted by atomic mass is 9.74. The van der Waals surface area contributed by atoms with Crippen LogP contribution in [0, 0.1) is 17.7 Å². The van der Waals surface area contributed by atoms with Crippen molar-refractivity contribution in [2.75, 3.05) is 13.2 Å². The molecule has 206 valence electrons. The molecule has 0 radical (unpaired) electrons. The van der Waals surface area contributed by atoms with Crippen molar-refractivity contribution < 1.29 is 23.8 Å². The van der Waals surface area contributed by atoms with E-state index in [1.54, 1.807) is 6.07 Å². The summed E-state index contributed by atoms with van der Waals surface area (Å²) in [6.45, 7) is 6.35. The van der Waals surface area contributed by atoms with Gasteiger partial charge in [-0.05, 0) is 111 Å². The van der Waals surface area contributed by atoms with Crippen molar-refractivity contribution in [3.8, 4) is 0 Å². The number of esters is 1. The van der Waals surface area contributed by atoms with Gasteiger partial charge in [-0.2, -0.15) is 0 Å². The maximum Gasteiger partial charge on any atom is 0.336 e. The molecule has 1 aromatic rings. The van der Waals surface area contributed by atoms with E-state index in [1.165, 1.54) is 51.4 Å². The van der Waals surface area contributed by atoms with Crippen LogP contribution in [0.2, 0.25) is 0 Å². The molecule has 3 fully saturated rings. The third-order valence-electron chi connectivity index (χ3n) is 9.28. The van der Waals surface area contributed by atoms with Gasteiger partial charge in [-0.15, -0.1) is 0 Å². The smallest absolute Gasteiger partial charge is 0.336 e. The van der Waals surface area contributed by atoms with Gasteiger partial charge in [0.05, 0.1) is 18.3 Å². The Hall–Kier alpha value is -1.72. The third-order valence-corrected chi connectivity index (χ3v) is 9.28. The first-order chi connectivity index (χ1) is 18.0. The van der Waals surface area contributed by atoms with Crippen LogP contribution >= 0.6 is 0 Å². The lowest BCUT2D eigenvalue weighted by Crippen LogP contribution is -2.34. The molecule has 2 atom stereocenters. The number of carbonyl (C=O) groups is 1. The Balaban J connectivity index is 1.22. The standard InChI is InChI=1S/C32H47FO4/c1-3-4-5-6-23-7-18-31(36-21-23)26-10-8-24(9-11-26)27-14-17-29(30(33)19-27)25-12-15-28(16-13-25)37-32(35)22(2)20-34/h14,17,19,23-26,28,31,34H,2-13,15-16,18,20-21H2,1H3. The topological polar surface area (TPSA) is 55.8 Å². The molecule has 0 spiro atoms. The van der Waals surface area contributed by atoms with Crippen LogP contribution in [0.3, 0.4) is 0 Å². The van der Waals surface area contributed by atoms with Crippen LogP contribution in [-0.4, -0.2) is 36.5 Å². The highest BCUT2D eigenvalue weighted by molar-refractivity contribution is 5.88. The minimum Gasteiger partial charge on any atom is -0.459 e. The molecule has 4 rings (SSSR count). The van der Waals surface area contributed by atoms with E-state index in [4.69, 9.17) is 14.6 Å². The van der Waals surface area contributed by atoms with Crippen LogP contribution in [0.25, 0.3) is 0 Å². The quantitative estimate of drug-likeness (QED) is 0.198. The van der Waals surface area contributed by atoms with Crippen LogP contribution in [0.4, 0.5) is 4.39 Å². The Morgan fingerprint density at radius 1 is 1.03 bits per heavy atom. The summed E-state index contributed by atoms with van der Waals surface area (Å²) in [5.41, 5.74) is 2.02. The molecule has 1 saturated heterocycles. The zero-order valence-corrected chi connectivity index (χ0v) is 22.8. The fourth-order valence-corrected chi connectivity index (χ4v) is 6.85. The van der Waals surface area contributed by atoms with E-state index < -0.39 is 5.97 Å². The number of benzene rings is 1. The van der Waals surface area contributed by atoms with E-state index in [0.29, 0.717) is 30.8 Å². The van der Waals surface area contributed by atoms with Gasteiger partial charge in [-0.25, -0.2) is 9.18 Å². The first kappa shape index (κ1) is 28.3. The van der Waals surface area contributed by atoms with Crippen molar-refractivity contribution in [1.82, 2.24) is 0 Å². The molecular formula is C32H47FO4. The van der Waals surface area contributed by atoms with Crippen LogP contribution in [-0.2, 0) is 14.3 Å². The Morgan fingerprint density at radius 2 is 1.76 bits per heavy atom. The molecular weight excluding hydrogens is 467 g/mol. The highest BCUT2D eigenvalue weighted by Gasteiger charge is 2.33. The van der Waals surface area contributed by atoms with Gasteiger partial charge in [-0.3, -0.25) is 0 Å². The molecule has 1 N–H and O–H groups in total. The number of unbranched alkanes of at least 4 members (excludes halogenated alkanes) is 2. The van der Waals surface area contributed by atoms with Crippen molar-refractivity contribution in [1.29, 1.82) is 0 Å². The summed E-state index contributed by atoms with van der Waals surface area (Å²) in [4.78, 5) is 11.9. The molecule has 2 saturated carbocycles. The van der Waals surface area contributed by atoms with Gasteiger partial charge in [0.2, 0.25) is 0 Å². The average Bonchev–Trinajstić information content (AvgIpc) is 2.93. The number of aliphatic hydroxyl groups excluding tert-OH is 1. The van der Waals surface area contributed by atoms with Crippen molar-refractivity contribution in [3.05, 3.63) is 47.3 Å². The highest BCUT2D eigenvalue weighted by atomic mass is 19.1. The average molecular weight is 515 g/mol. The fraction of sp³-hybridized carbons (Fsp3) is 0.719. The minimum atomic E-state index is -0.530. The second kappa shape index (κ2) is 13.9. The molecule has 0 bridgehead atoms. The van der Waals surface area contributed by atoms with E-state index >= 15 is 4.39 Å². The predicted octanol–water partition coefficient (Wildman–Crippen LogP) is 7.59.